The Morgan fingerprint density at radius 2 is 0.923 bits per heavy atom. The van der Waals surface area contributed by atoms with Gasteiger partial charge in [-0.2, -0.15) is 0 Å². The minimum absolute atomic E-state index is 0.329. The van der Waals surface area contributed by atoms with Gasteiger partial charge in [-0.05, 0) is 43.2 Å². The zero-order valence-electron chi connectivity index (χ0n) is 22.1. The second-order valence-corrected chi connectivity index (χ2v) is 15.3. The van der Waals surface area contributed by atoms with Crippen LogP contribution in [0.15, 0.2) is 146 Å². The summed E-state index contributed by atoms with van der Waals surface area (Å²) in [6.45, 7) is 2.07. The van der Waals surface area contributed by atoms with E-state index in [9.17, 15) is 0 Å². The van der Waals surface area contributed by atoms with Gasteiger partial charge in [0.15, 0.2) is 0 Å². The number of nitrogens with one attached hydrogen (secondary N) is 1. The largest absolute Gasteiger partial charge is 0.314 e. The molecule has 0 saturated heterocycles. The van der Waals surface area contributed by atoms with Gasteiger partial charge in [-0.3, -0.25) is 9.65 Å². The fourth-order valence-electron chi connectivity index (χ4n) is 5.00. The summed E-state index contributed by atoms with van der Waals surface area (Å²) in [5.74, 6) is 0. The highest BCUT2D eigenvalue weighted by atomic mass is 31.2. The maximum absolute atomic E-state index is 15.1. The molecule has 0 aliphatic carbocycles. The van der Waals surface area contributed by atoms with E-state index in [1.807, 2.05) is 121 Å². The summed E-state index contributed by atoms with van der Waals surface area (Å²) in [7, 11) is -6.35. The van der Waals surface area contributed by atoms with Crippen molar-refractivity contribution in [1.82, 2.24) is 5.09 Å². The van der Waals surface area contributed by atoms with Gasteiger partial charge in [0.05, 0.1) is 0 Å². The van der Waals surface area contributed by atoms with Crippen molar-refractivity contribution in [3.8, 4) is 0 Å². The van der Waals surface area contributed by atoms with Gasteiger partial charge >= 0.3 is 0 Å². The highest BCUT2D eigenvalue weighted by Gasteiger charge is 2.36. The third kappa shape index (κ3) is 6.23. The van der Waals surface area contributed by atoms with Crippen molar-refractivity contribution in [2.24, 2.45) is 0 Å². The van der Waals surface area contributed by atoms with Gasteiger partial charge in [0.1, 0.15) is 7.14 Å². The molecule has 0 fully saturated rings. The van der Waals surface area contributed by atoms with Crippen molar-refractivity contribution in [2.75, 3.05) is 6.16 Å². The Bertz CT molecular complexity index is 1390. The zero-order valence-corrected chi connectivity index (χ0v) is 23.8. The van der Waals surface area contributed by atoms with Crippen LogP contribution in [0.25, 0.3) is 0 Å². The van der Waals surface area contributed by atoms with Crippen LogP contribution in [0, 0.1) is 6.92 Å². The van der Waals surface area contributed by atoms with Crippen molar-refractivity contribution in [3.63, 3.8) is 0 Å². The van der Waals surface area contributed by atoms with Gasteiger partial charge in [0, 0.05) is 33.4 Å². The average molecular weight is 550 g/mol. The molecular formula is C34H33NO2P2. The van der Waals surface area contributed by atoms with E-state index < -0.39 is 14.4 Å². The molecule has 196 valence electrons. The summed E-state index contributed by atoms with van der Waals surface area (Å²) >= 11 is 0. The minimum atomic E-state index is -3.27. The average Bonchev–Trinajstić information content (AvgIpc) is 3.00. The van der Waals surface area contributed by atoms with E-state index in [1.54, 1.807) is 0 Å². The number of hydrogen-bond donors (Lipinski definition) is 1. The molecule has 0 aliphatic rings. The Morgan fingerprint density at radius 3 is 1.33 bits per heavy atom. The molecule has 5 aromatic carbocycles. The molecule has 0 aliphatic heterocycles. The molecule has 1 atom stereocenters. The van der Waals surface area contributed by atoms with Gasteiger partial charge in [-0.15, -0.1) is 0 Å². The van der Waals surface area contributed by atoms with Crippen molar-refractivity contribution in [2.45, 2.75) is 19.4 Å². The molecule has 0 amide bonds. The van der Waals surface area contributed by atoms with Crippen LogP contribution in [0.3, 0.4) is 0 Å². The Balaban J connectivity index is 1.62. The van der Waals surface area contributed by atoms with E-state index in [4.69, 9.17) is 0 Å². The molecule has 0 saturated carbocycles. The second kappa shape index (κ2) is 12.1. The fraction of sp³-hybridized carbons (Fsp3) is 0.118. The standard InChI is InChI=1S/C34H33NO2P2/c1-28-22-24-29(25-23-28)26-30(27-38(36,31-14-6-2-7-15-31)32-16-8-3-9-17-32)35-39(37,33-18-10-4-11-19-33)34-20-12-5-13-21-34/h2-25,30H,26-27H2,1H3,(H,35,37). The number of aryl methyl sites for hydroxylation is 1. The normalized spacial score (nSPS) is 12.6. The van der Waals surface area contributed by atoms with E-state index in [0.717, 1.165) is 26.8 Å². The van der Waals surface area contributed by atoms with E-state index in [1.165, 1.54) is 5.56 Å². The van der Waals surface area contributed by atoms with Crippen LogP contribution in [0.1, 0.15) is 11.1 Å². The van der Waals surface area contributed by atoms with Crippen LogP contribution in [0.5, 0.6) is 0 Å². The Morgan fingerprint density at radius 1 is 0.538 bits per heavy atom. The highest BCUT2D eigenvalue weighted by Crippen LogP contribution is 2.47. The summed E-state index contributed by atoms with van der Waals surface area (Å²) < 4.78 is 30.1. The molecular weight excluding hydrogens is 516 g/mol. The number of rotatable bonds is 10. The molecule has 1 N–H and O–H groups in total. The van der Waals surface area contributed by atoms with E-state index in [0.29, 0.717) is 12.6 Å². The van der Waals surface area contributed by atoms with Crippen LogP contribution in [0.2, 0.25) is 0 Å². The van der Waals surface area contributed by atoms with Crippen LogP contribution in [-0.4, -0.2) is 12.2 Å². The summed E-state index contributed by atoms with van der Waals surface area (Å²) in [6, 6.07) is 46.7. The summed E-state index contributed by atoms with van der Waals surface area (Å²) in [4.78, 5) is 0. The molecule has 0 radical (unpaired) electrons. The summed E-state index contributed by atoms with van der Waals surface area (Å²) in [6.07, 6.45) is 0.923. The number of benzene rings is 5. The first-order valence-corrected chi connectivity index (χ1v) is 16.8. The van der Waals surface area contributed by atoms with Crippen molar-refractivity contribution in [3.05, 3.63) is 157 Å². The minimum Gasteiger partial charge on any atom is -0.314 e. The molecule has 0 bridgehead atoms. The highest BCUT2D eigenvalue weighted by molar-refractivity contribution is 7.79. The summed E-state index contributed by atoms with van der Waals surface area (Å²) in [5, 5.41) is 6.69. The monoisotopic (exact) mass is 549 g/mol. The first kappa shape index (κ1) is 27.1. The molecule has 0 spiro atoms. The molecule has 39 heavy (non-hydrogen) atoms. The lowest BCUT2D eigenvalue weighted by Gasteiger charge is -2.30. The summed E-state index contributed by atoms with van der Waals surface area (Å²) in [5.41, 5.74) is 2.29. The first-order chi connectivity index (χ1) is 19.0. The molecule has 5 rings (SSSR count). The molecule has 5 heteroatoms. The molecule has 0 heterocycles. The Labute approximate surface area is 231 Å². The lowest BCUT2D eigenvalue weighted by Crippen LogP contribution is -2.40. The number of hydrogen-bond acceptors (Lipinski definition) is 2. The van der Waals surface area contributed by atoms with Gasteiger partial charge in [0.25, 0.3) is 0 Å². The van der Waals surface area contributed by atoms with E-state index in [2.05, 4.69) is 36.3 Å². The van der Waals surface area contributed by atoms with Crippen LogP contribution in [-0.2, 0) is 15.6 Å². The maximum Gasteiger partial charge on any atom is 0.204 e. The lowest BCUT2D eigenvalue weighted by atomic mass is 10.1. The Hall–Kier alpha value is -3.48. The van der Waals surface area contributed by atoms with Crippen molar-refractivity contribution >= 4 is 35.7 Å². The topological polar surface area (TPSA) is 46.2 Å². The Kier molecular flexibility index (Phi) is 8.44. The van der Waals surface area contributed by atoms with Gasteiger partial charge in [-0.1, -0.05) is 127 Å². The van der Waals surface area contributed by atoms with E-state index >= 15 is 9.13 Å². The van der Waals surface area contributed by atoms with Crippen LogP contribution >= 0.6 is 14.4 Å². The van der Waals surface area contributed by atoms with Gasteiger partial charge in [-0.25, -0.2) is 0 Å². The zero-order chi connectivity index (χ0) is 27.1. The fourth-order valence-corrected chi connectivity index (χ4v) is 10.5. The lowest BCUT2D eigenvalue weighted by molar-refractivity contribution is 0.557. The molecule has 0 aromatic heterocycles. The second-order valence-electron chi connectivity index (χ2n) is 9.89. The quantitative estimate of drug-likeness (QED) is 0.204. The molecule has 1 unspecified atom stereocenters. The van der Waals surface area contributed by atoms with E-state index in [-0.39, 0.29) is 6.04 Å². The smallest absolute Gasteiger partial charge is 0.204 e. The SMILES string of the molecule is Cc1ccc(CC(CP(=O)(c2ccccc2)c2ccccc2)NP(=O)(c2ccccc2)c2ccccc2)cc1. The van der Waals surface area contributed by atoms with Crippen LogP contribution < -0.4 is 26.3 Å². The first-order valence-electron chi connectivity index (χ1n) is 13.2. The molecule has 5 aromatic rings. The maximum atomic E-state index is 15.1. The van der Waals surface area contributed by atoms with Crippen molar-refractivity contribution < 1.29 is 9.13 Å². The predicted molar refractivity (Wildman–Crippen MR) is 166 cm³/mol. The third-order valence-corrected chi connectivity index (χ3v) is 13.0. The molecule has 3 nitrogen and oxygen atoms in total. The third-order valence-electron chi connectivity index (χ3n) is 7.03. The predicted octanol–water partition coefficient (Wildman–Crippen LogP) is 6.44. The van der Waals surface area contributed by atoms with Gasteiger partial charge < -0.3 is 4.57 Å². The van der Waals surface area contributed by atoms with Gasteiger partial charge in [0.2, 0.25) is 7.29 Å². The van der Waals surface area contributed by atoms with Crippen molar-refractivity contribution in [1.29, 1.82) is 0 Å². The van der Waals surface area contributed by atoms with Crippen LogP contribution in [0.4, 0.5) is 0 Å².